The van der Waals surface area contributed by atoms with Gasteiger partial charge in [0, 0.05) is 0 Å². The van der Waals surface area contributed by atoms with E-state index in [4.69, 9.17) is 5.11 Å². The third kappa shape index (κ3) is 3.58. The quantitative estimate of drug-likeness (QED) is 0.440. The van der Waals surface area contributed by atoms with E-state index in [9.17, 15) is 4.79 Å². The minimum atomic E-state index is -0.995. The van der Waals surface area contributed by atoms with Crippen molar-refractivity contribution in [1.82, 2.24) is 0 Å². The molecule has 0 aliphatic rings. The van der Waals surface area contributed by atoms with Gasteiger partial charge in [-0.05, 0) is 6.92 Å². The van der Waals surface area contributed by atoms with Gasteiger partial charge in [0.05, 0.1) is 7.11 Å². The van der Waals surface area contributed by atoms with Crippen LogP contribution in [0, 0.1) is 0 Å². The zero-order valence-corrected chi connectivity index (χ0v) is 4.84. The van der Waals surface area contributed by atoms with Crippen LogP contribution in [-0.2, 0) is 9.53 Å². The fraction of sp³-hybridized carbons (Fsp3) is 0.750. The number of carbonyl (C=O) groups excluding carboxylic acids is 1. The minimum absolute atomic E-state index is 0. The van der Waals surface area contributed by atoms with Crippen molar-refractivity contribution in [3.8, 4) is 0 Å². The predicted octanol–water partition coefficient (Wildman–Crippen LogP) is -1.28. The highest BCUT2D eigenvalue weighted by Gasteiger charge is 2.05. The summed E-state index contributed by atoms with van der Waals surface area (Å²) in [5.74, 6) is -0.597. The summed E-state index contributed by atoms with van der Waals surface area (Å²) in [4.78, 5) is 10.0. The summed E-state index contributed by atoms with van der Waals surface area (Å²) < 4.78 is 4.12. The molecule has 0 heterocycles. The molecule has 0 aromatic rings. The molecule has 0 aliphatic heterocycles. The van der Waals surface area contributed by atoms with Crippen LogP contribution in [0.2, 0.25) is 0 Å². The van der Waals surface area contributed by atoms with Crippen molar-refractivity contribution in [1.29, 1.82) is 0 Å². The monoisotopic (exact) mass is 122 g/mol. The fourth-order valence-corrected chi connectivity index (χ4v) is 0.171. The van der Waals surface area contributed by atoms with Gasteiger partial charge in [-0.15, -0.1) is 0 Å². The normalized spacial score (nSPS) is 11.4. The molecule has 0 spiro atoms. The summed E-state index contributed by atoms with van der Waals surface area (Å²) in [6.07, 6.45) is -0.995. The molecular formula is C4H10O4. The van der Waals surface area contributed by atoms with E-state index in [0.29, 0.717) is 0 Å². The molecule has 8 heavy (non-hydrogen) atoms. The molecule has 4 nitrogen and oxygen atoms in total. The maximum absolute atomic E-state index is 10.0. The van der Waals surface area contributed by atoms with Crippen LogP contribution in [0.3, 0.4) is 0 Å². The van der Waals surface area contributed by atoms with Gasteiger partial charge >= 0.3 is 5.97 Å². The minimum Gasteiger partial charge on any atom is -0.467 e. The average Bonchev–Trinajstić information content (AvgIpc) is 1.65. The number of hydrogen-bond acceptors (Lipinski definition) is 3. The van der Waals surface area contributed by atoms with Gasteiger partial charge in [-0.3, -0.25) is 0 Å². The number of rotatable bonds is 1. The summed E-state index contributed by atoms with van der Waals surface area (Å²) in [6, 6.07) is 0. The van der Waals surface area contributed by atoms with E-state index in [-0.39, 0.29) is 5.48 Å². The van der Waals surface area contributed by atoms with Crippen LogP contribution in [-0.4, -0.2) is 29.8 Å². The Morgan fingerprint density at radius 1 is 1.75 bits per heavy atom. The second-order valence-electron chi connectivity index (χ2n) is 1.20. The number of esters is 1. The zero-order chi connectivity index (χ0) is 5.86. The van der Waals surface area contributed by atoms with Gasteiger partial charge in [-0.1, -0.05) is 0 Å². The molecule has 0 rings (SSSR count). The molecule has 1 atom stereocenters. The molecular weight excluding hydrogens is 112 g/mol. The van der Waals surface area contributed by atoms with Gasteiger partial charge in [0.2, 0.25) is 0 Å². The van der Waals surface area contributed by atoms with Gasteiger partial charge < -0.3 is 15.3 Å². The van der Waals surface area contributed by atoms with Crippen LogP contribution in [0.4, 0.5) is 0 Å². The molecule has 50 valence electrons. The van der Waals surface area contributed by atoms with Crippen LogP contribution in [0.1, 0.15) is 6.92 Å². The standard InChI is InChI=1S/C4H8O3.H2O/c1-3(5)4(6)7-2;/h3,5H,1-2H3;1H2/t3-;/m0./s1. The number of aliphatic hydroxyl groups is 1. The Hall–Kier alpha value is -0.610. The van der Waals surface area contributed by atoms with Crippen molar-refractivity contribution in [3.63, 3.8) is 0 Å². The average molecular weight is 122 g/mol. The first-order valence-electron chi connectivity index (χ1n) is 1.94. The number of methoxy groups -OCH3 is 1. The van der Waals surface area contributed by atoms with Crippen molar-refractivity contribution in [2.24, 2.45) is 0 Å². The van der Waals surface area contributed by atoms with E-state index >= 15 is 0 Å². The number of carbonyl (C=O) groups is 1. The number of hydrogen-bond donors (Lipinski definition) is 1. The Morgan fingerprint density at radius 2 is 2.12 bits per heavy atom. The summed E-state index contributed by atoms with van der Waals surface area (Å²) in [5.41, 5.74) is 0. The topological polar surface area (TPSA) is 78.0 Å². The molecule has 0 aromatic heterocycles. The first-order valence-corrected chi connectivity index (χ1v) is 1.94. The molecule has 3 N–H and O–H groups in total. The lowest BCUT2D eigenvalue weighted by molar-refractivity contribution is -0.149. The molecule has 0 aromatic carbocycles. The molecule has 0 radical (unpaired) electrons. The zero-order valence-electron chi connectivity index (χ0n) is 4.84. The van der Waals surface area contributed by atoms with Gasteiger partial charge in [-0.2, -0.15) is 0 Å². The van der Waals surface area contributed by atoms with Crippen LogP contribution in [0.5, 0.6) is 0 Å². The van der Waals surface area contributed by atoms with Gasteiger partial charge in [0.1, 0.15) is 6.10 Å². The Balaban J connectivity index is 0. The van der Waals surface area contributed by atoms with Gasteiger partial charge in [0.25, 0.3) is 0 Å². The van der Waals surface area contributed by atoms with E-state index in [1.165, 1.54) is 14.0 Å². The van der Waals surface area contributed by atoms with Crippen LogP contribution >= 0.6 is 0 Å². The Kier molecular flexibility index (Phi) is 5.90. The highest BCUT2D eigenvalue weighted by Crippen LogP contribution is 1.80. The predicted molar refractivity (Wildman–Crippen MR) is 27.3 cm³/mol. The van der Waals surface area contributed by atoms with E-state index in [0.717, 1.165) is 0 Å². The molecule has 0 saturated heterocycles. The first kappa shape index (κ1) is 10.4. The van der Waals surface area contributed by atoms with Crippen molar-refractivity contribution in [2.45, 2.75) is 13.0 Å². The first-order chi connectivity index (χ1) is 3.18. The maximum Gasteiger partial charge on any atom is 0.334 e. The van der Waals surface area contributed by atoms with Crippen LogP contribution in [0.25, 0.3) is 0 Å². The van der Waals surface area contributed by atoms with Crippen molar-refractivity contribution >= 4 is 5.97 Å². The van der Waals surface area contributed by atoms with Gasteiger partial charge in [0.15, 0.2) is 0 Å². The summed E-state index contributed by atoms with van der Waals surface area (Å²) in [7, 11) is 1.23. The molecule has 0 saturated carbocycles. The van der Waals surface area contributed by atoms with Gasteiger partial charge in [-0.25, -0.2) is 4.79 Å². The summed E-state index contributed by atoms with van der Waals surface area (Å²) in [6.45, 7) is 1.35. The lowest BCUT2D eigenvalue weighted by Gasteiger charge is -1.97. The SMILES string of the molecule is COC(=O)[C@H](C)O.O. The fourth-order valence-electron chi connectivity index (χ4n) is 0.171. The molecule has 0 bridgehead atoms. The van der Waals surface area contributed by atoms with Crippen LogP contribution in [0.15, 0.2) is 0 Å². The Bertz CT molecular complexity index is 68.4. The largest absolute Gasteiger partial charge is 0.467 e. The Labute approximate surface area is 47.4 Å². The molecule has 0 unspecified atom stereocenters. The van der Waals surface area contributed by atoms with Crippen molar-refractivity contribution < 1.29 is 20.1 Å². The number of aliphatic hydroxyl groups excluding tert-OH is 1. The second-order valence-corrected chi connectivity index (χ2v) is 1.20. The van der Waals surface area contributed by atoms with E-state index in [2.05, 4.69) is 4.74 Å². The Morgan fingerprint density at radius 3 is 2.12 bits per heavy atom. The maximum atomic E-state index is 10.0. The lowest BCUT2D eigenvalue weighted by atomic mass is 10.4. The smallest absolute Gasteiger partial charge is 0.334 e. The van der Waals surface area contributed by atoms with E-state index < -0.39 is 12.1 Å². The lowest BCUT2D eigenvalue weighted by Crippen LogP contribution is -2.16. The molecule has 0 amide bonds. The highest BCUT2D eigenvalue weighted by atomic mass is 16.5. The summed E-state index contributed by atoms with van der Waals surface area (Å²) >= 11 is 0. The third-order valence-corrected chi connectivity index (χ3v) is 0.542. The summed E-state index contributed by atoms with van der Waals surface area (Å²) in [5, 5.41) is 8.35. The van der Waals surface area contributed by atoms with Crippen molar-refractivity contribution in [3.05, 3.63) is 0 Å². The third-order valence-electron chi connectivity index (χ3n) is 0.542. The van der Waals surface area contributed by atoms with E-state index in [1.54, 1.807) is 0 Å². The van der Waals surface area contributed by atoms with Crippen LogP contribution < -0.4 is 0 Å². The highest BCUT2D eigenvalue weighted by molar-refractivity contribution is 5.73. The molecule has 0 fully saturated rings. The van der Waals surface area contributed by atoms with E-state index in [1.807, 2.05) is 0 Å². The second kappa shape index (κ2) is 4.55. The number of ether oxygens (including phenoxy) is 1. The molecule has 4 heteroatoms. The molecule has 0 aliphatic carbocycles. The van der Waals surface area contributed by atoms with Crippen molar-refractivity contribution in [2.75, 3.05) is 7.11 Å².